The summed E-state index contributed by atoms with van der Waals surface area (Å²) in [5, 5.41) is 19.2. The first-order valence-corrected chi connectivity index (χ1v) is 4.59. The Morgan fingerprint density at radius 2 is 2.31 bits per heavy atom. The van der Waals surface area contributed by atoms with E-state index in [1.54, 1.807) is 6.92 Å². The number of hydrogen-bond acceptors (Lipinski definition) is 5. The van der Waals surface area contributed by atoms with E-state index < -0.39 is 16.7 Å². The van der Waals surface area contributed by atoms with E-state index in [0.29, 0.717) is 0 Å². The molecule has 0 radical (unpaired) electrons. The lowest BCUT2D eigenvalue weighted by atomic mass is 10.3. The van der Waals surface area contributed by atoms with E-state index in [0.717, 1.165) is 6.07 Å². The summed E-state index contributed by atoms with van der Waals surface area (Å²) in [4.78, 5) is 22.6. The van der Waals surface area contributed by atoms with Crippen LogP contribution in [0.5, 0.6) is 0 Å². The van der Waals surface area contributed by atoms with Gasteiger partial charge >= 0.3 is 5.88 Å². The molecule has 0 spiro atoms. The van der Waals surface area contributed by atoms with E-state index in [-0.39, 0.29) is 18.4 Å². The Labute approximate surface area is 91.4 Å². The number of nitro groups is 1. The molecular weight excluding hydrogens is 216 g/mol. The first-order chi connectivity index (χ1) is 7.47. The van der Waals surface area contributed by atoms with Crippen LogP contribution in [0.4, 0.5) is 5.88 Å². The maximum Gasteiger partial charge on any atom is 0.433 e. The van der Waals surface area contributed by atoms with E-state index in [1.165, 1.54) is 18.0 Å². The van der Waals surface area contributed by atoms with Gasteiger partial charge in [0.1, 0.15) is 4.92 Å². The number of furan rings is 1. The van der Waals surface area contributed by atoms with Gasteiger partial charge in [-0.05, 0) is 13.0 Å². The van der Waals surface area contributed by atoms with Crippen molar-refractivity contribution >= 4 is 11.8 Å². The first-order valence-electron chi connectivity index (χ1n) is 4.59. The quantitative estimate of drug-likeness (QED) is 0.602. The zero-order valence-electron chi connectivity index (χ0n) is 8.91. The van der Waals surface area contributed by atoms with Crippen LogP contribution < -0.4 is 0 Å². The van der Waals surface area contributed by atoms with Crippen molar-refractivity contribution in [2.45, 2.75) is 13.0 Å². The Kier molecular flexibility index (Phi) is 3.62. The molecule has 1 unspecified atom stereocenters. The summed E-state index contributed by atoms with van der Waals surface area (Å²) in [6.45, 7) is 1.46. The van der Waals surface area contributed by atoms with Crippen molar-refractivity contribution < 1.29 is 19.2 Å². The topological polar surface area (TPSA) is 96.8 Å². The summed E-state index contributed by atoms with van der Waals surface area (Å²) in [7, 11) is 1.48. The second kappa shape index (κ2) is 4.75. The molecule has 7 heteroatoms. The van der Waals surface area contributed by atoms with Gasteiger partial charge in [-0.1, -0.05) is 0 Å². The largest absolute Gasteiger partial charge is 0.433 e. The zero-order chi connectivity index (χ0) is 12.3. The Morgan fingerprint density at radius 1 is 1.69 bits per heavy atom. The summed E-state index contributed by atoms with van der Waals surface area (Å²) in [6.07, 6.45) is 0. The minimum absolute atomic E-state index is 0.116. The summed E-state index contributed by atoms with van der Waals surface area (Å²) < 4.78 is 4.75. The van der Waals surface area contributed by atoms with E-state index in [1.807, 2.05) is 0 Å². The highest BCUT2D eigenvalue weighted by atomic mass is 16.6. The SMILES string of the molecule is CC(CO)N(C)C(=O)c1ccc([N+](=O)[O-])o1. The van der Waals surface area contributed by atoms with Crippen LogP contribution in [-0.4, -0.2) is 40.5 Å². The fourth-order valence-corrected chi connectivity index (χ4v) is 1.04. The standard InChI is InChI=1S/C9H12N2O5/c1-6(5-12)10(2)9(13)7-3-4-8(16-7)11(14)15/h3-4,6,12H,5H2,1-2H3. The Morgan fingerprint density at radius 3 is 2.75 bits per heavy atom. The molecule has 1 amide bonds. The molecule has 0 aliphatic rings. The van der Waals surface area contributed by atoms with Crippen LogP contribution in [0.25, 0.3) is 0 Å². The van der Waals surface area contributed by atoms with Gasteiger partial charge in [-0.15, -0.1) is 0 Å². The number of carbonyl (C=O) groups is 1. The van der Waals surface area contributed by atoms with Crippen LogP contribution in [-0.2, 0) is 0 Å². The molecule has 1 heterocycles. The third-order valence-electron chi connectivity index (χ3n) is 2.23. The van der Waals surface area contributed by atoms with E-state index >= 15 is 0 Å². The molecule has 16 heavy (non-hydrogen) atoms. The lowest BCUT2D eigenvalue weighted by Gasteiger charge is -2.21. The monoisotopic (exact) mass is 228 g/mol. The van der Waals surface area contributed by atoms with Gasteiger partial charge in [-0.25, -0.2) is 0 Å². The first kappa shape index (κ1) is 12.2. The maximum atomic E-state index is 11.7. The van der Waals surface area contributed by atoms with Gasteiger partial charge < -0.3 is 14.4 Å². The predicted molar refractivity (Wildman–Crippen MR) is 54.0 cm³/mol. The van der Waals surface area contributed by atoms with Crippen molar-refractivity contribution in [3.05, 3.63) is 28.0 Å². The van der Waals surface area contributed by atoms with Gasteiger partial charge in [0.15, 0.2) is 5.76 Å². The van der Waals surface area contributed by atoms with Crippen molar-refractivity contribution in [3.8, 4) is 0 Å². The highest BCUT2D eigenvalue weighted by Gasteiger charge is 2.22. The lowest BCUT2D eigenvalue weighted by Crippen LogP contribution is -2.37. The number of nitrogens with zero attached hydrogens (tertiary/aromatic N) is 2. The lowest BCUT2D eigenvalue weighted by molar-refractivity contribution is -0.402. The second-order valence-electron chi connectivity index (χ2n) is 3.34. The van der Waals surface area contributed by atoms with Crippen LogP contribution in [0.2, 0.25) is 0 Å². The molecule has 0 aromatic carbocycles. The van der Waals surface area contributed by atoms with Gasteiger partial charge in [-0.3, -0.25) is 14.9 Å². The number of rotatable bonds is 4. The molecule has 88 valence electrons. The molecule has 0 saturated heterocycles. The smallest absolute Gasteiger partial charge is 0.395 e. The van der Waals surface area contributed by atoms with Crippen LogP contribution in [0, 0.1) is 10.1 Å². The highest BCUT2D eigenvalue weighted by Crippen LogP contribution is 2.17. The fraction of sp³-hybridized carbons (Fsp3) is 0.444. The number of aliphatic hydroxyl groups excluding tert-OH is 1. The summed E-state index contributed by atoms with van der Waals surface area (Å²) in [5.74, 6) is -1.10. The van der Waals surface area contributed by atoms with Gasteiger partial charge in [0, 0.05) is 7.05 Å². The van der Waals surface area contributed by atoms with E-state index in [9.17, 15) is 14.9 Å². The number of hydrogen-bond donors (Lipinski definition) is 1. The highest BCUT2D eigenvalue weighted by molar-refractivity contribution is 5.91. The molecule has 0 aliphatic heterocycles. The van der Waals surface area contributed by atoms with Crippen LogP contribution in [0.15, 0.2) is 16.5 Å². The average Bonchev–Trinajstić information content (AvgIpc) is 2.75. The number of aliphatic hydroxyl groups is 1. The molecule has 1 rings (SSSR count). The van der Waals surface area contributed by atoms with Crippen molar-refractivity contribution in [3.63, 3.8) is 0 Å². The van der Waals surface area contributed by atoms with E-state index in [4.69, 9.17) is 9.52 Å². The van der Waals surface area contributed by atoms with Crippen LogP contribution in [0.3, 0.4) is 0 Å². The number of likely N-dealkylation sites (N-methyl/N-ethyl adjacent to an activating group) is 1. The third-order valence-corrected chi connectivity index (χ3v) is 2.23. The molecule has 1 aromatic rings. The Hall–Kier alpha value is -1.89. The van der Waals surface area contributed by atoms with Crippen molar-refractivity contribution in [1.82, 2.24) is 4.90 Å². The second-order valence-corrected chi connectivity index (χ2v) is 3.34. The normalized spacial score (nSPS) is 12.2. The zero-order valence-corrected chi connectivity index (χ0v) is 8.91. The molecule has 0 fully saturated rings. The summed E-state index contributed by atoms with van der Waals surface area (Å²) in [6, 6.07) is 1.97. The van der Waals surface area contributed by atoms with Gasteiger partial charge in [0.2, 0.25) is 0 Å². The molecule has 1 atom stereocenters. The summed E-state index contributed by atoms with van der Waals surface area (Å²) in [5.41, 5.74) is 0. The predicted octanol–water partition coefficient (Wildman–Crippen LogP) is 0.641. The molecule has 1 aromatic heterocycles. The summed E-state index contributed by atoms with van der Waals surface area (Å²) >= 11 is 0. The molecule has 1 N–H and O–H groups in total. The van der Waals surface area contributed by atoms with Gasteiger partial charge in [-0.2, -0.15) is 0 Å². The molecule has 0 saturated carbocycles. The Balaban J connectivity index is 2.84. The fourth-order valence-electron chi connectivity index (χ4n) is 1.04. The average molecular weight is 228 g/mol. The minimum Gasteiger partial charge on any atom is -0.395 e. The van der Waals surface area contributed by atoms with Crippen molar-refractivity contribution in [1.29, 1.82) is 0 Å². The van der Waals surface area contributed by atoms with Crippen molar-refractivity contribution in [2.24, 2.45) is 0 Å². The van der Waals surface area contributed by atoms with Gasteiger partial charge in [0.05, 0.1) is 18.7 Å². The van der Waals surface area contributed by atoms with Crippen molar-refractivity contribution in [2.75, 3.05) is 13.7 Å². The molecule has 0 bridgehead atoms. The van der Waals surface area contributed by atoms with Crippen LogP contribution >= 0.6 is 0 Å². The number of carbonyl (C=O) groups excluding carboxylic acids is 1. The Bertz CT molecular complexity index is 400. The number of amides is 1. The molecule has 0 aliphatic carbocycles. The van der Waals surface area contributed by atoms with Crippen LogP contribution in [0.1, 0.15) is 17.5 Å². The molecule has 7 nitrogen and oxygen atoms in total. The minimum atomic E-state index is -0.716. The third kappa shape index (κ3) is 2.37. The van der Waals surface area contributed by atoms with E-state index in [2.05, 4.69) is 0 Å². The maximum absolute atomic E-state index is 11.7. The van der Waals surface area contributed by atoms with Gasteiger partial charge in [0.25, 0.3) is 5.91 Å². The molecular formula is C9H12N2O5.